The Hall–Kier alpha value is -1.11. The van der Waals surface area contributed by atoms with Crippen LogP contribution in [0.1, 0.15) is 39.5 Å². The first kappa shape index (κ1) is 15.3. The van der Waals surface area contributed by atoms with Crippen molar-refractivity contribution in [3.8, 4) is 0 Å². The van der Waals surface area contributed by atoms with Crippen LogP contribution in [0.3, 0.4) is 0 Å². The van der Waals surface area contributed by atoms with Crippen molar-refractivity contribution in [1.29, 1.82) is 0 Å². The lowest BCUT2D eigenvalue weighted by molar-refractivity contribution is 0.464. The maximum atomic E-state index is 13.6. The van der Waals surface area contributed by atoms with E-state index in [-0.39, 0.29) is 11.6 Å². The van der Waals surface area contributed by atoms with Gasteiger partial charge < -0.3 is 8.97 Å². The number of rotatable bonds is 3. The van der Waals surface area contributed by atoms with Crippen LogP contribution in [0.25, 0.3) is 11.0 Å². The Balaban J connectivity index is 2.27. The zero-order valence-corrected chi connectivity index (χ0v) is 12.6. The van der Waals surface area contributed by atoms with Gasteiger partial charge in [-0.1, -0.05) is 0 Å². The molecular weight excluding hydrogens is 284 g/mol. The molecule has 20 heavy (non-hydrogen) atoms. The standard InChI is InChI=1S/C14H17F2NO2S/c1-8(17-20(18)14(2,3)4)12-6-9-5-10(15)7-11(16)13(9)19-12/h5-8,17H,1-4H3/t8?,20-/m0/s1. The second-order valence-electron chi connectivity index (χ2n) is 5.68. The molecule has 0 aliphatic carbocycles. The molecular formula is C14H17F2NO2S. The Morgan fingerprint density at radius 3 is 2.50 bits per heavy atom. The topological polar surface area (TPSA) is 48.2 Å². The van der Waals surface area contributed by atoms with E-state index < -0.39 is 27.7 Å². The third-order valence-electron chi connectivity index (χ3n) is 2.82. The number of nitrogens with one attached hydrogen (secondary N) is 1. The van der Waals surface area contributed by atoms with E-state index in [1.807, 2.05) is 20.8 Å². The van der Waals surface area contributed by atoms with Crippen molar-refractivity contribution in [1.82, 2.24) is 4.72 Å². The molecule has 0 spiro atoms. The van der Waals surface area contributed by atoms with Crippen LogP contribution in [0.4, 0.5) is 8.78 Å². The van der Waals surface area contributed by atoms with Crippen LogP contribution in [0.5, 0.6) is 0 Å². The highest BCUT2D eigenvalue weighted by atomic mass is 32.2. The molecule has 110 valence electrons. The number of furan rings is 1. The first-order valence-electron chi connectivity index (χ1n) is 6.25. The molecule has 1 heterocycles. The lowest BCUT2D eigenvalue weighted by atomic mass is 10.2. The van der Waals surface area contributed by atoms with Crippen molar-refractivity contribution in [2.45, 2.75) is 38.5 Å². The third-order valence-corrected chi connectivity index (χ3v) is 4.50. The summed E-state index contributed by atoms with van der Waals surface area (Å²) in [4.78, 5) is 0. The average molecular weight is 301 g/mol. The molecule has 2 aromatic rings. The van der Waals surface area contributed by atoms with E-state index in [9.17, 15) is 13.3 Å². The summed E-state index contributed by atoms with van der Waals surface area (Å²) in [6.07, 6.45) is 0. The molecule has 2 atom stereocenters. The van der Waals surface area contributed by atoms with E-state index in [1.165, 1.54) is 6.07 Å². The largest absolute Gasteiger partial charge is 0.598 e. The van der Waals surface area contributed by atoms with Gasteiger partial charge in [0.1, 0.15) is 22.4 Å². The van der Waals surface area contributed by atoms with Crippen LogP contribution in [-0.4, -0.2) is 9.30 Å². The predicted molar refractivity (Wildman–Crippen MR) is 75.6 cm³/mol. The van der Waals surface area contributed by atoms with Crippen LogP contribution in [0.15, 0.2) is 22.6 Å². The Labute approximate surface area is 119 Å². The van der Waals surface area contributed by atoms with Gasteiger partial charge in [0, 0.05) is 22.8 Å². The summed E-state index contributed by atoms with van der Waals surface area (Å²) < 4.78 is 46.6. The Bertz CT molecular complexity index is 621. The van der Waals surface area contributed by atoms with Gasteiger partial charge in [-0.3, -0.25) is 0 Å². The Morgan fingerprint density at radius 2 is 1.90 bits per heavy atom. The smallest absolute Gasteiger partial charge is 0.170 e. The minimum atomic E-state index is -1.28. The molecule has 1 aromatic heterocycles. The van der Waals surface area contributed by atoms with Gasteiger partial charge in [0.15, 0.2) is 11.4 Å². The van der Waals surface area contributed by atoms with Gasteiger partial charge in [-0.15, -0.1) is 4.72 Å². The molecule has 0 radical (unpaired) electrons. The SMILES string of the molecule is CC(N[S@@+]([O-])C(C)(C)C)c1cc2cc(F)cc(F)c2o1. The maximum Gasteiger partial charge on any atom is 0.170 e. The van der Waals surface area contributed by atoms with E-state index in [4.69, 9.17) is 4.42 Å². The van der Waals surface area contributed by atoms with Gasteiger partial charge in [-0.2, -0.15) is 0 Å². The third kappa shape index (κ3) is 3.13. The zero-order valence-electron chi connectivity index (χ0n) is 11.8. The van der Waals surface area contributed by atoms with E-state index in [0.717, 1.165) is 6.07 Å². The second-order valence-corrected chi connectivity index (χ2v) is 7.67. The predicted octanol–water partition coefficient (Wildman–Crippen LogP) is 3.82. The minimum absolute atomic E-state index is 0.0107. The molecule has 0 aliphatic rings. The van der Waals surface area contributed by atoms with E-state index in [0.29, 0.717) is 11.1 Å². The van der Waals surface area contributed by atoms with E-state index in [1.54, 1.807) is 13.0 Å². The van der Waals surface area contributed by atoms with Crippen LogP contribution in [0.2, 0.25) is 0 Å². The molecule has 0 bridgehead atoms. The minimum Gasteiger partial charge on any atom is -0.598 e. The number of halogens is 2. The molecule has 0 saturated carbocycles. The van der Waals surface area contributed by atoms with Crippen molar-refractivity contribution in [3.63, 3.8) is 0 Å². The van der Waals surface area contributed by atoms with Crippen LogP contribution < -0.4 is 4.72 Å². The highest BCUT2D eigenvalue weighted by molar-refractivity contribution is 7.90. The van der Waals surface area contributed by atoms with Gasteiger partial charge in [0.2, 0.25) is 0 Å². The molecule has 1 unspecified atom stereocenters. The molecule has 1 N–H and O–H groups in total. The molecule has 0 fully saturated rings. The van der Waals surface area contributed by atoms with Crippen molar-refractivity contribution in [2.75, 3.05) is 0 Å². The average Bonchev–Trinajstić information content (AvgIpc) is 2.71. The Kier molecular flexibility index (Phi) is 4.09. The van der Waals surface area contributed by atoms with Crippen molar-refractivity contribution in [2.24, 2.45) is 0 Å². The van der Waals surface area contributed by atoms with Crippen molar-refractivity contribution < 1.29 is 17.8 Å². The first-order chi connectivity index (χ1) is 9.18. The monoisotopic (exact) mass is 301 g/mol. The highest BCUT2D eigenvalue weighted by Crippen LogP contribution is 2.28. The van der Waals surface area contributed by atoms with Gasteiger partial charge in [0.05, 0.1) is 0 Å². The summed E-state index contributed by atoms with van der Waals surface area (Å²) in [6, 6.07) is 3.17. The zero-order chi connectivity index (χ0) is 15.1. The molecule has 2 rings (SSSR count). The fourth-order valence-corrected chi connectivity index (χ4v) is 2.50. The summed E-state index contributed by atoms with van der Waals surface area (Å²) in [6.45, 7) is 7.29. The maximum absolute atomic E-state index is 13.6. The highest BCUT2D eigenvalue weighted by Gasteiger charge is 2.29. The summed E-state index contributed by atoms with van der Waals surface area (Å²) >= 11 is -1.28. The number of hydrogen-bond donors (Lipinski definition) is 1. The van der Waals surface area contributed by atoms with Crippen LogP contribution in [-0.2, 0) is 11.4 Å². The summed E-state index contributed by atoms with van der Waals surface area (Å²) in [5.41, 5.74) is 0.0107. The van der Waals surface area contributed by atoms with Crippen LogP contribution >= 0.6 is 0 Å². The number of hydrogen-bond acceptors (Lipinski definition) is 3. The lowest BCUT2D eigenvalue weighted by Crippen LogP contribution is -2.40. The van der Waals surface area contributed by atoms with Crippen molar-refractivity contribution in [3.05, 3.63) is 35.6 Å². The molecule has 3 nitrogen and oxygen atoms in total. The fraction of sp³-hybridized carbons (Fsp3) is 0.429. The first-order valence-corrected chi connectivity index (χ1v) is 7.40. The van der Waals surface area contributed by atoms with E-state index >= 15 is 0 Å². The van der Waals surface area contributed by atoms with E-state index in [2.05, 4.69) is 4.72 Å². The molecule has 0 saturated heterocycles. The second kappa shape index (κ2) is 5.35. The van der Waals surface area contributed by atoms with Crippen molar-refractivity contribution >= 4 is 22.3 Å². The fourth-order valence-electron chi connectivity index (χ4n) is 1.70. The Morgan fingerprint density at radius 1 is 1.25 bits per heavy atom. The summed E-state index contributed by atoms with van der Waals surface area (Å²) in [7, 11) is 0. The van der Waals surface area contributed by atoms with Crippen LogP contribution in [0, 0.1) is 11.6 Å². The van der Waals surface area contributed by atoms with Gasteiger partial charge in [0.25, 0.3) is 0 Å². The van der Waals surface area contributed by atoms with Gasteiger partial charge in [-0.25, -0.2) is 8.78 Å². The van der Waals surface area contributed by atoms with Gasteiger partial charge >= 0.3 is 0 Å². The quantitative estimate of drug-likeness (QED) is 0.877. The molecule has 0 amide bonds. The normalized spacial score (nSPS) is 15.6. The molecule has 6 heteroatoms. The molecule has 0 aliphatic heterocycles. The number of fused-ring (bicyclic) bond motifs is 1. The molecule has 1 aromatic carbocycles. The summed E-state index contributed by atoms with van der Waals surface area (Å²) in [5.74, 6) is -0.973. The summed E-state index contributed by atoms with van der Waals surface area (Å²) in [5, 5.41) is 0.354. The number of benzene rings is 1. The van der Waals surface area contributed by atoms with Gasteiger partial charge in [-0.05, 0) is 39.8 Å². The lowest BCUT2D eigenvalue weighted by Gasteiger charge is -2.25.